The van der Waals surface area contributed by atoms with Crippen molar-refractivity contribution >= 4 is 29.9 Å². The van der Waals surface area contributed by atoms with Crippen molar-refractivity contribution in [1.29, 1.82) is 0 Å². The van der Waals surface area contributed by atoms with Gasteiger partial charge in [0, 0.05) is 5.57 Å². The highest BCUT2D eigenvalue weighted by molar-refractivity contribution is 14.0. The molecule has 0 heterocycles. The minimum absolute atomic E-state index is 0. The van der Waals surface area contributed by atoms with E-state index in [4.69, 9.17) is 4.74 Å². The smallest absolute Gasteiger partial charge is 0.334 e. The van der Waals surface area contributed by atoms with Crippen LogP contribution in [0.1, 0.15) is 26.7 Å². The average Bonchev–Trinajstić information content (AvgIpc) is 2.03. The molecular weight excluding hydrogens is 293 g/mol. The van der Waals surface area contributed by atoms with Gasteiger partial charge in [-0.25, -0.2) is 4.79 Å². The molecule has 0 fully saturated rings. The number of ether oxygens (including phenoxy) is 1. The van der Waals surface area contributed by atoms with Gasteiger partial charge in [-0.2, -0.15) is 0 Å². The third-order valence-corrected chi connectivity index (χ3v) is 1.70. The van der Waals surface area contributed by atoms with Gasteiger partial charge in [0.05, 0.1) is 0 Å². The lowest BCUT2D eigenvalue weighted by molar-refractivity contribution is -0.152. The van der Waals surface area contributed by atoms with Gasteiger partial charge in [-0.3, -0.25) is 4.90 Å². The molecule has 0 aliphatic heterocycles. The van der Waals surface area contributed by atoms with Crippen LogP contribution in [0.25, 0.3) is 0 Å². The molecule has 0 rings (SSSR count). The highest BCUT2D eigenvalue weighted by Crippen LogP contribution is 2.07. The fourth-order valence-corrected chi connectivity index (χ4v) is 0.894. The van der Waals surface area contributed by atoms with E-state index < -0.39 is 0 Å². The quantitative estimate of drug-likeness (QED) is 0.338. The zero-order chi connectivity index (χ0) is 10.4. The number of hydrogen-bond donors (Lipinski definition) is 0. The van der Waals surface area contributed by atoms with Crippen molar-refractivity contribution in [3.05, 3.63) is 12.2 Å². The van der Waals surface area contributed by atoms with Crippen LogP contribution < -0.4 is 0 Å². The summed E-state index contributed by atoms with van der Waals surface area (Å²) in [5.41, 5.74) is 0.447. The van der Waals surface area contributed by atoms with E-state index in [0.717, 1.165) is 12.8 Å². The lowest BCUT2D eigenvalue weighted by Gasteiger charge is -2.23. The predicted molar refractivity (Wildman–Crippen MR) is 68.7 cm³/mol. The summed E-state index contributed by atoms with van der Waals surface area (Å²) in [6.07, 6.45) is 1.72. The van der Waals surface area contributed by atoms with Crippen LogP contribution in [0, 0.1) is 0 Å². The molecule has 0 radical (unpaired) electrons. The van der Waals surface area contributed by atoms with E-state index in [9.17, 15) is 4.79 Å². The molecule has 0 bridgehead atoms. The molecule has 0 saturated heterocycles. The van der Waals surface area contributed by atoms with Crippen molar-refractivity contribution in [2.24, 2.45) is 0 Å². The van der Waals surface area contributed by atoms with Gasteiger partial charge in [-0.15, -0.1) is 24.0 Å². The molecule has 0 spiro atoms. The van der Waals surface area contributed by atoms with E-state index in [2.05, 4.69) is 13.5 Å². The maximum Gasteiger partial charge on any atom is 0.334 e. The molecule has 14 heavy (non-hydrogen) atoms. The number of hydrogen-bond acceptors (Lipinski definition) is 3. The summed E-state index contributed by atoms with van der Waals surface area (Å²) in [7, 11) is 3.79. The SMILES string of the molecule is C=C(C)C(=O)OC(CCC)N(C)C.I. The van der Waals surface area contributed by atoms with Gasteiger partial charge in [-0.1, -0.05) is 19.9 Å². The fraction of sp³-hybridized carbons (Fsp3) is 0.700. The van der Waals surface area contributed by atoms with Crippen molar-refractivity contribution in [1.82, 2.24) is 4.90 Å². The Morgan fingerprint density at radius 2 is 2.00 bits per heavy atom. The maximum absolute atomic E-state index is 11.2. The molecule has 0 aliphatic carbocycles. The van der Waals surface area contributed by atoms with Crippen LogP contribution in [-0.2, 0) is 9.53 Å². The zero-order valence-corrected chi connectivity index (χ0v) is 11.7. The number of nitrogens with zero attached hydrogens (tertiary/aromatic N) is 1. The summed E-state index contributed by atoms with van der Waals surface area (Å²) < 4.78 is 5.20. The standard InChI is InChI=1S/C10H19NO2.HI/c1-6-7-9(11(4)5)13-10(12)8(2)3;/h9H,2,6-7H2,1,3-5H3;1H. The fourth-order valence-electron chi connectivity index (χ4n) is 0.894. The molecule has 0 amide bonds. The van der Waals surface area contributed by atoms with Gasteiger partial charge < -0.3 is 4.74 Å². The Kier molecular flexibility index (Phi) is 9.60. The predicted octanol–water partition coefficient (Wildman–Crippen LogP) is 2.41. The molecule has 0 aliphatic rings. The highest BCUT2D eigenvalue weighted by atomic mass is 127. The minimum Gasteiger partial charge on any atom is -0.443 e. The van der Waals surface area contributed by atoms with Gasteiger partial charge in [-0.05, 0) is 27.4 Å². The summed E-state index contributed by atoms with van der Waals surface area (Å²) in [6, 6.07) is 0. The Morgan fingerprint density at radius 1 is 1.50 bits per heavy atom. The van der Waals surface area contributed by atoms with E-state index in [1.807, 2.05) is 19.0 Å². The maximum atomic E-state index is 11.2. The second-order valence-electron chi connectivity index (χ2n) is 3.39. The summed E-state index contributed by atoms with van der Waals surface area (Å²) in [4.78, 5) is 13.1. The molecule has 0 aromatic carbocycles. The van der Waals surface area contributed by atoms with Crippen LogP contribution >= 0.6 is 24.0 Å². The number of carbonyl (C=O) groups excluding carboxylic acids is 1. The van der Waals surface area contributed by atoms with Crippen molar-refractivity contribution in [2.75, 3.05) is 14.1 Å². The summed E-state index contributed by atoms with van der Waals surface area (Å²) in [6.45, 7) is 7.25. The van der Waals surface area contributed by atoms with Gasteiger partial charge in [0.15, 0.2) is 6.23 Å². The monoisotopic (exact) mass is 313 g/mol. The molecule has 0 aromatic rings. The van der Waals surface area contributed by atoms with Crippen LogP contribution in [-0.4, -0.2) is 31.2 Å². The van der Waals surface area contributed by atoms with Gasteiger partial charge >= 0.3 is 5.97 Å². The van der Waals surface area contributed by atoms with E-state index >= 15 is 0 Å². The van der Waals surface area contributed by atoms with Crippen LogP contribution in [0.5, 0.6) is 0 Å². The molecule has 3 nitrogen and oxygen atoms in total. The van der Waals surface area contributed by atoms with Gasteiger partial charge in [0.2, 0.25) is 0 Å². The molecule has 4 heteroatoms. The molecular formula is C10H20INO2. The molecule has 0 saturated carbocycles. The Bertz CT molecular complexity index is 193. The number of carbonyl (C=O) groups is 1. The first kappa shape index (κ1) is 16.3. The molecule has 1 unspecified atom stereocenters. The Morgan fingerprint density at radius 3 is 2.29 bits per heavy atom. The largest absolute Gasteiger partial charge is 0.443 e. The first-order valence-electron chi connectivity index (χ1n) is 4.52. The van der Waals surface area contributed by atoms with E-state index in [0.29, 0.717) is 5.57 Å². The first-order valence-corrected chi connectivity index (χ1v) is 4.52. The number of esters is 1. The van der Waals surface area contributed by atoms with E-state index in [-0.39, 0.29) is 36.2 Å². The second-order valence-corrected chi connectivity index (χ2v) is 3.39. The summed E-state index contributed by atoms with van der Waals surface area (Å²) in [5, 5.41) is 0. The normalized spacial score (nSPS) is 11.8. The van der Waals surface area contributed by atoms with Crippen molar-refractivity contribution in [3.8, 4) is 0 Å². The van der Waals surface area contributed by atoms with Gasteiger partial charge in [0.25, 0.3) is 0 Å². The van der Waals surface area contributed by atoms with Crippen LogP contribution in [0.4, 0.5) is 0 Å². The van der Waals surface area contributed by atoms with Crippen molar-refractivity contribution in [2.45, 2.75) is 32.9 Å². The molecule has 1 atom stereocenters. The molecule has 84 valence electrons. The number of halogens is 1. The van der Waals surface area contributed by atoms with Gasteiger partial charge in [0.1, 0.15) is 0 Å². The van der Waals surface area contributed by atoms with E-state index in [1.54, 1.807) is 6.92 Å². The van der Waals surface area contributed by atoms with E-state index in [1.165, 1.54) is 0 Å². The highest BCUT2D eigenvalue weighted by Gasteiger charge is 2.15. The first-order chi connectivity index (χ1) is 5.99. The van der Waals surface area contributed by atoms with Crippen LogP contribution in [0.2, 0.25) is 0 Å². The second kappa shape index (κ2) is 8.23. The van der Waals surface area contributed by atoms with Crippen molar-refractivity contribution < 1.29 is 9.53 Å². The Labute approximate surface area is 104 Å². The Hall–Kier alpha value is -0.100. The lowest BCUT2D eigenvalue weighted by Crippen LogP contribution is -2.32. The average molecular weight is 313 g/mol. The minimum atomic E-state index is -0.313. The summed E-state index contributed by atoms with van der Waals surface area (Å²) >= 11 is 0. The summed E-state index contributed by atoms with van der Waals surface area (Å²) in [5.74, 6) is -0.313. The molecule has 0 aromatic heterocycles. The van der Waals surface area contributed by atoms with Crippen molar-refractivity contribution in [3.63, 3.8) is 0 Å². The Balaban J connectivity index is 0. The third-order valence-electron chi connectivity index (χ3n) is 1.70. The van der Waals surface area contributed by atoms with Crippen LogP contribution in [0.3, 0.4) is 0 Å². The lowest BCUT2D eigenvalue weighted by atomic mass is 10.3. The molecule has 0 N–H and O–H groups in total. The number of rotatable bonds is 5. The zero-order valence-electron chi connectivity index (χ0n) is 9.37. The topological polar surface area (TPSA) is 29.5 Å². The van der Waals surface area contributed by atoms with Crippen LogP contribution in [0.15, 0.2) is 12.2 Å². The third kappa shape index (κ3) is 6.37.